The first-order valence-corrected chi connectivity index (χ1v) is 8.16. The zero-order valence-electron chi connectivity index (χ0n) is 12.2. The number of halogens is 1. The minimum atomic E-state index is 0.536. The van der Waals surface area contributed by atoms with Crippen molar-refractivity contribution in [3.05, 3.63) is 18.0 Å². The van der Waals surface area contributed by atoms with Gasteiger partial charge in [-0.05, 0) is 38.3 Å². The molecule has 2 heterocycles. The summed E-state index contributed by atoms with van der Waals surface area (Å²) in [5.41, 5.74) is 1.18. The third-order valence-corrected chi connectivity index (χ3v) is 4.63. The molecule has 19 heavy (non-hydrogen) atoms. The SMILES string of the molecule is CCC(CC)n1ccc(CN2CCCCC2CCl)n1. The molecule has 1 fully saturated rings. The number of piperidine rings is 1. The highest BCUT2D eigenvalue weighted by Crippen LogP contribution is 2.21. The molecule has 3 nitrogen and oxygen atoms in total. The van der Waals surface area contributed by atoms with Crippen LogP contribution in [-0.4, -0.2) is 33.1 Å². The van der Waals surface area contributed by atoms with Crippen molar-refractivity contribution in [2.45, 2.75) is 64.6 Å². The molecular formula is C15H26ClN3. The van der Waals surface area contributed by atoms with Gasteiger partial charge in [-0.3, -0.25) is 9.58 Å². The average molecular weight is 284 g/mol. The van der Waals surface area contributed by atoms with Crippen LogP contribution in [0.4, 0.5) is 0 Å². The molecule has 4 heteroatoms. The maximum Gasteiger partial charge on any atom is 0.0765 e. The van der Waals surface area contributed by atoms with E-state index >= 15 is 0 Å². The summed E-state index contributed by atoms with van der Waals surface area (Å²) in [5, 5.41) is 4.75. The standard InChI is InChI=1S/C15H26ClN3/c1-3-14(4-2)19-10-8-13(17-19)12-18-9-6-5-7-15(18)11-16/h8,10,14-15H,3-7,9,11-12H2,1-2H3. The summed E-state index contributed by atoms with van der Waals surface area (Å²) < 4.78 is 2.13. The van der Waals surface area contributed by atoms with E-state index in [0.717, 1.165) is 31.8 Å². The number of alkyl halides is 1. The Morgan fingerprint density at radius 3 is 2.84 bits per heavy atom. The van der Waals surface area contributed by atoms with E-state index in [1.54, 1.807) is 0 Å². The Labute approximate surface area is 121 Å². The third kappa shape index (κ3) is 3.73. The quantitative estimate of drug-likeness (QED) is 0.740. The lowest BCUT2D eigenvalue weighted by atomic mass is 10.0. The maximum absolute atomic E-state index is 6.07. The van der Waals surface area contributed by atoms with Crippen molar-refractivity contribution in [1.29, 1.82) is 0 Å². The van der Waals surface area contributed by atoms with Crippen LogP contribution in [0.2, 0.25) is 0 Å². The summed E-state index contributed by atoms with van der Waals surface area (Å²) in [6.45, 7) is 6.56. The molecule has 0 aliphatic carbocycles. The molecule has 0 amide bonds. The Bertz CT molecular complexity index is 373. The van der Waals surface area contributed by atoms with Crippen LogP contribution < -0.4 is 0 Å². The van der Waals surface area contributed by atoms with E-state index in [2.05, 4.69) is 35.7 Å². The number of aromatic nitrogens is 2. The largest absolute Gasteiger partial charge is 0.293 e. The summed E-state index contributed by atoms with van der Waals surface area (Å²) in [5.74, 6) is 0.743. The van der Waals surface area contributed by atoms with Crippen molar-refractivity contribution in [2.24, 2.45) is 0 Å². The normalized spacial score (nSPS) is 21.2. The van der Waals surface area contributed by atoms with Gasteiger partial charge in [0.05, 0.1) is 11.7 Å². The zero-order chi connectivity index (χ0) is 13.7. The molecule has 1 aromatic heterocycles. The Morgan fingerprint density at radius 1 is 1.37 bits per heavy atom. The molecule has 1 unspecified atom stereocenters. The molecule has 108 valence electrons. The first-order chi connectivity index (χ1) is 9.28. The fourth-order valence-electron chi connectivity index (χ4n) is 2.98. The first kappa shape index (κ1) is 14.9. The molecule has 0 bridgehead atoms. The number of nitrogens with zero attached hydrogens (tertiary/aromatic N) is 3. The lowest BCUT2D eigenvalue weighted by molar-refractivity contribution is 0.152. The Kier molecular flexibility index (Phi) is 5.71. The molecule has 0 saturated carbocycles. The van der Waals surface area contributed by atoms with Gasteiger partial charge < -0.3 is 0 Å². The lowest BCUT2D eigenvalue weighted by Crippen LogP contribution is -2.40. The molecule has 2 rings (SSSR count). The predicted molar refractivity (Wildman–Crippen MR) is 80.6 cm³/mol. The van der Waals surface area contributed by atoms with Crippen molar-refractivity contribution in [3.63, 3.8) is 0 Å². The first-order valence-electron chi connectivity index (χ1n) is 7.62. The van der Waals surface area contributed by atoms with Gasteiger partial charge in [-0.25, -0.2) is 0 Å². The Morgan fingerprint density at radius 2 is 2.16 bits per heavy atom. The highest BCUT2D eigenvalue weighted by Gasteiger charge is 2.22. The van der Waals surface area contributed by atoms with Crippen molar-refractivity contribution in [1.82, 2.24) is 14.7 Å². The van der Waals surface area contributed by atoms with Gasteiger partial charge in [-0.1, -0.05) is 20.3 Å². The smallest absolute Gasteiger partial charge is 0.0765 e. The van der Waals surface area contributed by atoms with Crippen LogP contribution in [0.5, 0.6) is 0 Å². The van der Waals surface area contributed by atoms with Crippen LogP contribution in [0.25, 0.3) is 0 Å². The van der Waals surface area contributed by atoms with Crippen molar-refractivity contribution in [3.8, 4) is 0 Å². The van der Waals surface area contributed by atoms with Gasteiger partial charge in [0.1, 0.15) is 0 Å². The molecule has 1 atom stereocenters. The summed E-state index contributed by atoms with van der Waals surface area (Å²) >= 11 is 6.07. The van der Waals surface area contributed by atoms with Gasteiger partial charge in [0.2, 0.25) is 0 Å². The molecule has 1 aliphatic rings. The molecule has 0 radical (unpaired) electrons. The van der Waals surface area contributed by atoms with Gasteiger partial charge in [-0.2, -0.15) is 5.10 Å². The summed E-state index contributed by atoms with van der Waals surface area (Å²) in [4.78, 5) is 2.50. The van der Waals surface area contributed by atoms with E-state index in [0.29, 0.717) is 12.1 Å². The van der Waals surface area contributed by atoms with Gasteiger partial charge in [0.25, 0.3) is 0 Å². The van der Waals surface area contributed by atoms with E-state index in [1.807, 2.05) is 0 Å². The second-order valence-corrected chi connectivity index (χ2v) is 5.84. The van der Waals surface area contributed by atoms with Crippen molar-refractivity contribution >= 4 is 11.6 Å². The topological polar surface area (TPSA) is 21.1 Å². The zero-order valence-corrected chi connectivity index (χ0v) is 12.9. The third-order valence-electron chi connectivity index (χ3n) is 4.27. The fraction of sp³-hybridized carbons (Fsp3) is 0.800. The average Bonchev–Trinajstić information content (AvgIpc) is 2.89. The van der Waals surface area contributed by atoms with Crippen LogP contribution in [0.3, 0.4) is 0 Å². The van der Waals surface area contributed by atoms with Crippen LogP contribution in [-0.2, 0) is 6.54 Å². The number of hydrogen-bond acceptors (Lipinski definition) is 2. The van der Waals surface area contributed by atoms with E-state index in [4.69, 9.17) is 16.7 Å². The molecule has 1 aromatic rings. The predicted octanol–water partition coefficient (Wildman–Crippen LogP) is 3.84. The number of likely N-dealkylation sites (tertiary alicyclic amines) is 1. The van der Waals surface area contributed by atoms with E-state index < -0.39 is 0 Å². The highest BCUT2D eigenvalue weighted by molar-refractivity contribution is 6.18. The molecule has 0 aromatic carbocycles. The van der Waals surface area contributed by atoms with Crippen molar-refractivity contribution in [2.75, 3.05) is 12.4 Å². The van der Waals surface area contributed by atoms with Crippen LogP contribution in [0.15, 0.2) is 12.3 Å². The fourth-order valence-corrected chi connectivity index (χ4v) is 3.33. The number of hydrogen-bond donors (Lipinski definition) is 0. The van der Waals surface area contributed by atoms with Gasteiger partial charge in [0, 0.05) is 24.7 Å². The lowest BCUT2D eigenvalue weighted by Gasteiger charge is -2.33. The number of rotatable bonds is 6. The second-order valence-electron chi connectivity index (χ2n) is 5.53. The van der Waals surface area contributed by atoms with E-state index in [-0.39, 0.29) is 0 Å². The van der Waals surface area contributed by atoms with Gasteiger partial charge in [-0.15, -0.1) is 11.6 Å². The van der Waals surface area contributed by atoms with E-state index in [1.165, 1.54) is 25.0 Å². The molecule has 0 spiro atoms. The van der Waals surface area contributed by atoms with Gasteiger partial charge in [0.15, 0.2) is 0 Å². The molecule has 0 N–H and O–H groups in total. The monoisotopic (exact) mass is 283 g/mol. The maximum atomic E-state index is 6.07. The minimum absolute atomic E-state index is 0.536. The minimum Gasteiger partial charge on any atom is -0.293 e. The van der Waals surface area contributed by atoms with Gasteiger partial charge >= 0.3 is 0 Å². The Hall–Kier alpha value is -0.540. The highest BCUT2D eigenvalue weighted by atomic mass is 35.5. The summed E-state index contributed by atoms with van der Waals surface area (Å²) in [7, 11) is 0. The summed E-state index contributed by atoms with van der Waals surface area (Å²) in [6, 6.07) is 3.24. The van der Waals surface area contributed by atoms with Crippen LogP contribution >= 0.6 is 11.6 Å². The molecule has 1 aliphatic heterocycles. The summed E-state index contributed by atoms with van der Waals surface area (Å²) in [6.07, 6.45) is 8.26. The van der Waals surface area contributed by atoms with Crippen molar-refractivity contribution < 1.29 is 0 Å². The van der Waals surface area contributed by atoms with E-state index in [9.17, 15) is 0 Å². The van der Waals surface area contributed by atoms with Crippen LogP contribution in [0.1, 0.15) is 57.7 Å². The molecule has 1 saturated heterocycles. The van der Waals surface area contributed by atoms with Crippen LogP contribution in [0, 0.1) is 0 Å². The second kappa shape index (κ2) is 7.30. The Balaban J connectivity index is 1.98. The molecular weight excluding hydrogens is 258 g/mol.